The van der Waals surface area contributed by atoms with Gasteiger partial charge in [0.1, 0.15) is 5.69 Å². The van der Waals surface area contributed by atoms with Crippen molar-refractivity contribution in [1.82, 2.24) is 19.7 Å². The molecule has 3 rings (SSSR count). The van der Waals surface area contributed by atoms with E-state index in [1.54, 1.807) is 42.5 Å². The van der Waals surface area contributed by atoms with E-state index in [9.17, 15) is 27.9 Å². The van der Waals surface area contributed by atoms with Gasteiger partial charge in [0.05, 0.1) is 23.9 Å². The van der Waals surface area contributed by atoms with E-state index in [1.807, 2.05) is 32.0 Å². The first-order valence-corrected chi connectivity index (χ1v) is 15.6. The van der Waals surface area contributed by atoms with Crippen LogP contribution in [0.2, 0.25) is 0 Å². The molecule has 3 amide bonds. The molecule has 1 aromatic heterocycles. The number of para-hydroxylation sites is 1. The summed E-state index contributed by atoms with van der Waals surface area (Å²) in [4.78, 5) is 42.8. The molecule has 0 spiro atoms. The summed E-state index contributed by atoms with van der Waals surface area (Å²) in [7, 11) is -3.70. The van der Waals surface area contributed by atoms with Gasteiger partial charge in [-0.3, -0.25) is 19.8 Å². The number of rotatable bonds is 14. The Kier molecular flexibility index (Phi) is 11.5. The fourth-order valence-corrected chi connectivity index (χ4v) is 5.28. The van der Waals surface area contributed by atoms with Crippen LogP contribution in [0.5, 0.6) is 0 Å². The van der Waals surface area contributed by atoms with Gasteiger partial charge in [-0.15, -0.1) is 0 Å². The van der Waals surface area contributed by atoms with E-state index < -0.39 is 39.9 Å². The standard InChI is InChI=1S/C30H39N5O6S/c1-21(2)17-18-34(42(3,40)41)20-27(36)26(19-22-9-5-4-6-10-22)35(29(38)16-15-28(31)37)33-30(39)25-14-13-23-11-7-8-12-24(23)32-25/h4-14,21,26-27,36H,15-20H2,1-3H3,(H2,31,37)(H,33,39)/t26?,27-/m1/s1. The summed E-state index contributed by atoms with van der Waals surface area (Å²) in [5.41, 5.74) is 9.22. The first-order valence-electron chi connectivity index (χ1n) is 13.8. The Hall–Kier alpha value is -3.87. The van der Waals surface area contributed by atoms with Crippen LogP contribution in [0.3, 0.4) is 0 Å². The Morgan fingerprint density at radius 3 is 2.29 bits per heavy atom. The first kappa shape index (κ1) is 32.6. The summed E-state index contributed by atoms with van der Waals surface area (Å²) in [6.07, 6.45) is -0.310. The zero-order valence-corrected chi connectivity index (χ0v) is 25.0. The summed E-state index contributed by atoms with van der Waals surface area (Å²) in [6.45, 7) is 3.79. The number of fused-ring (bicyclic) bond motifs is 1. The van der Waals surface area contributed by atoms with Crippen LogP contribution in [0.4, 0.5) is 0 Å². The molecule has 0 aliphatic rings. The molecule has 0 saturated heterocycles. The van der Waals surface area contributed by atoms with Gasteiger partial charge in [-0.05, 0) is 36.5 Å². The highest BCUT2D eigenvalue weighted by Gasteiger charge is 2.34. The Morgan fingerprint density at radius 2 is 1.64 bits per heavy atom. The molecule has 11 nitrogen and oxygen atoms in total. The number of sulfonamides is 1. The Balaban J connectivity index is 2.00. The predicted molar refractivity (Wildman–Crippen MR) is 160 cm³/mol. The van der Waals surface area contributed by atoms with Crippen molar-refractivity contribution < 1.29 is 27.9 Å². The molecule has 0 fully saturated rings. The minimum Gasteiger partial charge on any atom is -0.390 e. The van der Waals surface area contributed by atoms with E-state index in [1.165, 1.54) is 10.4 Å². The monoisotopic (exact) mass is 597 g/mol. The van der Waals surface area contributed by atoms with Crippen LogP contribution >= 0.6 is 0 Å². The number of hydrogen-bond acceptors (Lipinski definition) is 7. The maximum Gasteiger partial charge on any atom is 0.288 e. The SMILES string of the molecule is CC(C)CCN(C[C@@H](O)C(Cc1ccccc1)N(NC(=O)c1ccc2ccccc2n1)C(=O)CCC(N)=O)S(C)(=O)=O. The molecule has 0 radical (unpaired) electrons. The second-order valence-corrected chi connectivity index (χ2v) is 12.7. The third kappa shape index (κ3) is 9.61. The van der Waals surface area contributed by atoms with Crippen molar-refractivity contribution in [3.8, 4) is 0 Å². The number of aliphatic hydroxyl groups excluding tert-OH is 1. The normalized spacial score (nSPS) is 13.2. The van der Waals surface area contributed by atoms with Gasteiger partial charge >= 0.3 is 0 Å². The zero-order valence-electron chi connectivity index (χ0n) is 24.1. The highest BCUT2D eigenvalue weighted by molar-refractivity contribution is 7.88. The third-order valence-electron chi connectivity index (χ3n) is 6.79. The number of benzene rings is 2. The van der Waals surface area contributed by atoms with Crippen LogP contribution in [-0.2, 0) is 26.0 Å². The number of primary amides is 1. The van der Waals surface area contributed by atoms with E-state index in [-0.39, 0.29) is 44.0 Å². The summed E-state index contributed by atoms with van der Waals surface area (Å²) < 4.78 is 26.4. The topological polar surface area (TPSA) is 163 Å². The average Bonchev–Trinajstić information content (AvgIpc) is 2.95. The maximum atomic E-state index is 13.5. The molecule has 1 unspecified atom stereocenters. The number of nitrogens with two attached hydrogens (primary N) is 1. The van der Waals surface area contributed by atoms with Crippen LogP contribution in [-0.4, -0.2) is 77.0 Å². The molecule has 0 bridgehead atoms. The molecule has 4 N–H and O–H groups in total. The van der Waals surface area contributed by atoms with Crippen molar-refractivity contribution >= 4 is 38.6 Å². The lowest BCUT2D eigenvalue weighted by Crippen LogP contribution is -2.59. The smallest absolute Gasteiger partial charge is 0.288 e. The summed E-state index contributed by atoms with van der Waals surface area (Å²) in [5.74, 6) is -1.87. The van der Waals surface area contributed by atoms with E-state index in [0.717, 1.165) is 22.2 Å². The van der Waals surface area contributed by atoms with Gasteiger partial charge in [-0.2, -0.15) is 4.31 Å². The molecule has 3 aromatic rings. The molecule has 0 aliphatic carbocycles. The van der Waals surface area contributed by atoms with Gasteiger partial charge in [0.25, 0.3) is 5.91 Å². The highest BCUT2D eigenvalue weighted by atomic mass is 32.2. The molecule has 42 heavy (non-hydrogen) atoms. The minimum atomic E-state index is -3.70. The number of aliphatic hydroxyl groups is 1. The highest BCUT2D eigenvalue weighted by Crippen LogP contribution is 2.18. The van der Waals surface area contributed by atoms with E-state index in [0.29, 0.717) is 11.9 Å². The number of amides is 3. The van der Waals surface area contributed by atoms with Crippen molar-refractivity contribution in [2.75, 3.05) is 19.3 Å². The van der Waals surface area contributed by atoms with Crippen molar-refractivity contribution in [3.05, 3.63) is 78.0 Å². The number of hydrogen-bond donors (Lipinski definition) is 3. The molecule has 0 saturated carbocycles. The van der Waals surface area contributed by atoms with Crippen molar-refractivity contribution in [3.63, 3.8) is 0 Å². The third-order valence-corrected chi connectivity index (χ3v) is 8.06. The van der Waals surface area contributed by atoms with Gasteiger partial charge in [-0.1, -0.05) is 68.4 Å². The quantitative estimate of drug-likeness (QED) is 0.240. The molecule has 12 heteroatoms. The molecule has 0 aliphatic heterocycles. The predicted octanol–water partition coefficient (Wildman–Crippen LogP) is 2.25. The molecule has 2 atom stereocenters. The molecular weight excluding hydrogens is 558 g/mol. The fraction of sp³-hybridized carbons (Fsp3) is 0.400. The van der Waals surface area contributed by atoms with Crippen LogP contribution in [0.15, 0.2) is 66.7 Å². The number of pyridine rings is 1. The van der Waals surface area contributed by atoms with E-state index in [4.69, 9.17) is 5.73 Å². The van der Waals surface area contributed by atoms with Gasteiger partial charge in [0, 0.05) is 31.3 Å². The van der Waals surface area contributed by atoms with Crippen LogP contribution < -0.4 is 11.2 Å². The maximum absolute atomic E-state index is 13.5. The number of carbonyl (C=O) groups is 3. The first-order chi connectivity index (χ1) is 19.8. The van der Waals surface area contributed by atoms with Crippen molar-refractivity contribution in [1.29, 1.82) is 0 Å². The molecular formula is C30H39N5O6S. The number of nitrogens with one attached hydrogen (secondary N) is 1. The van der Waals surface area contributed by atoms with Crippen LogP contribution in [0.1, 0.15) is 49.2 Å². The zero-order chi connectivity index (χ0) is 30.9. The minimum absolute atomic E-state index is 0.0315. The van der Waals surface area contributed by atoms with Gasteiger partial charge in [0.2, 0.25) is 21.8 Å². The largest absolute Gasteiger partial charge is 0.390 e. The van der Waals surface area contributed by atoms with Crippen LogP contribution in [0.25, 0.3) is 10.9 Å². The second kappa shape index (κ2) is 14.9. The summed E-state index contributed by atoms with van der Waals surface area (Å²) in [5, 5.41) is 13.3. The fourth-order valence-electron chi connectivity index (χ4n) is 4.42. The number of aromatic nitrogens is 1. The molecule has 1 heterocycles. The summed E-state index contributed by atoms with van der Waals surface area (Å²) in [6, 6.07) is 18.4. The lowest BCUT2D eigenvalue weighted by molar-refractivity contribution is -0.141. The summed E-state index contributed by atoms with van der Waals surface area (Å²) >= 11 is 0. The average molecular weight is 598 g/mol. The van der Waals surface area contributed by atoms with E-state index >= 15 is 0 Å². The van der Waals surface area contributed by atoms with Gasteiger partial charge in [0.15, 0.2) is 0 Å². The Labute approximate surface area is 246 Å². The number of hydrazine groups is 1. The lowest BCUT2D eigenvalue weighted by Gasteiger charge is -2.36. The number of carbonyl (C=O) groups excluding carboxylic acids is 3. The molecule has 2 aromatic carbocycles. The lowest BCUT2D eigenvalue weighted by atomic mass is 9.99. The van der Waals surface area contributed by atoms with E-state index in [2.05, 4.69) is 10.4 Å². The Morgan fingerprint density at radius 1 is 0.976 bits per heavy atom. The van der Waals surface area contributed by atoms with Gasteiger partial charge < -0.3 is 10.8 Å². The van der Waals surface area contributed by atoms with Gasteiger partial charge in [-0.25, -0.2) is 18.4 Å². The van der Waals surface area contributed by atoms with Crippen molar-refractivity contribution in [2.24, 2.45) is 11.7 Å². The number of nitrogens with zero attached hydrogens (tertiary/aromatic N) is 3. The second-order valence-electron chi connectivity index (χ2n) is 10.7. The van der Waals surface area contributed by atoms with Crippen LogP contribution in [0, 0.1) is 5.92 Å². The molecule has 226 valence electrons. The Bertz CT molecular complexity index is 1480. The van der Waals surface area contributed by atoms with Crippen molar-refractivity contribution in [2.45, 2.75) is 51.7 Å².